The average Bonchev–Trinajstić information content (AvgIpc) is 3.39. The van der Waals surface area contributed by atoms with Gasteiger partial charge in [-0.3, -0.25) is 0 Å². The zero-order valence-corrected chi connectivity index (χ0v) is 20.6. The second-order valence-corrected chi connectivity index (χ2v) is 8.31. The first kappa shape index (κ1) is 24.2. The predicted molar refractivity (Wildman–Crippen MR) is 138 cm³/mol. The number of fused-ring (bicyclic) bond motifs is 2. The zero-order chi connectivity index (χ0) is 20.5. The first-order chi connectivity index (χ1) is 14.7. The van der Waals surface area contributed by atoms with Gasteiger partial charge in [-0.15, -0.1) is 24.8 Å². The van der Waals surface area contributed by atoms with Crippen molar-refractivity contribution in [3.8, 4) is 11.5 Å². The van der Waals surface area contributed by atoms with Crippen LogP contribution in [0.1, 0.15) is 0 Å². The number of nitrogens with two attached hydrogens (primary N) is 1. The van der Waals surface area contributed by atoms with Gasteiger partial charge in [-0.25, -0.2) is 9.97 Å². The van der Waals surface area contributed by atoms with Gasteiger partial charge in [0.1, 0.15) is 23.3 Å². The molecular formula is C21H19BrCl2N6OS. The molecule has 32 heavy (non-hydrogen) atoms. The highest BCUT2D eigenvalue weighted by atomic mass is 79.9. The van der Waals surface area contributed by atoms with Crippen molar-refractivity contribution in [3.63, 3.8) is 0 Å². The molecule has 0 aliphatic rings. The highest BCUT2D eigenvalue weighted by Crippen LogP contribution is 2.36. The Labute approximate surface area is 209 Å². The maximum Gasteiger partial charge on any atom is 0.158 e. The fourth-order valence-corrected chi connectivity index (χ4v) is 4.44. The van der Waals surface area contributed by atoms with Gasteiger partial charge in [-0.2, -0.15) is 4.37 Å². The molecule has 0 saturated heterocycles. The number of anilines is 2. The van der Waals surface area contributed by atoms with E-state index in [0.29, 0.717) is 13.1 Å². The number of hydrogen-bond acceptors (Lipinski definition) is 7. The van der Waals surface area contributed by atoms with E-state index in [9.17, 15) is 0 Å². The molecule has 11 heteroatoms. The monoisotopic (exact) mass is 552 g/mol. The lowest BCUT2D eigenvalue weighted by molar-refractivity contribution is 0.485. The summed E-state index contributed by atoms with van der Waals surface area (Å²) in [6.07, 6.45) is 5.36. The quantitative estimate of drug-likeness (QED) is 0.262. The summed E-state index contributed by atoms with van der Waals surface area (Å²) in [6, 6.07) is 13.7. The van der Waals surface area contributed by atoms with Gasteiger partial charge in [0.15, 0.2) is 5.82 Å². The molecule has 0 fully saturated rings. The zero-order valence-electron chi connectivity index (χ0n) is 16.6. The third kappa shape index (κ3) is 4.67. The molecule has 0 radical (unpaired) electrons. The van der Waals surface area contributed by atoms with Crippen LogP contribution in [0.5, 0.6) is 11.5 Å². The van der Waals surface area contributed by atoms with Crippen molar-refractivity contribution in [2.45, 2.75) is 6.54 Å². The summed E-state index contributed by atoms with van der Waals surface area (Å²) in [5.41, 5.74) is 8.41. The molecule has 3 heterocycles. The molecule has 0 atom stereocenters. The molecule has 0 bridgehead atoms. The normalized spacial score (nSPS) is 10.6. The Hall–Kier alpha value is -2.43. The number of nitrogens with one attached hydrogen (secondary N) is 1. The SMILES string of the molecule is Cl.Cl.NCCn1ccc2ncnc(Nc3ccc(Oc4cccc5sncc45)c(Br)c3)c21. The van der Waals surface area contributed by atoms with E-state index in [2.05, 4.69) is 40.2 Å². The van der Waals surface area contributed by atoms with Crippen molar-refractivity contribution in [2.24, 2.45) is 5.73 Å². The second-order valence-electron chi connectivity index (χ2n) is 6.62. The maximum atomic E-state index is 6.14. The fourth-order valence-electron chi connectivity index (χ4n) is 3.32. The molecule has 0 aliphatic heterocycles. The Morgan fingerprint density at radius 3 is 2.78 bits per heavy atom. The van der Waals surface area contributed by atoms with Gasteiger partial charge in [0.25, 0.3) is 0 Å². The van der Waals surface area contributed by atoms with E-state index < -0.39 is 0 Å². The summed E-state index contributed by atoms with van der Waals surface area (Å²) in [7, 11) is 0. The molecule has 2 aromatic carbocycles. The van der Waals surface area contributed by atoms with Gasteiger partial charge >= 0.3 is 0 Å². The Kier molecular flexibility index (Phi) is 7.91. The highest BCUT2D eigenvalue weighted by molar-refractivity contribution is 9.10. The second kappa shape index (κ2) is 10.5. The molecule has 166 valence electrons. The van der Waals surface area contributed by atoms with Gasteiger partial charge in [-0.05, 0) is 63.9 Å². The number of halogens is 3. The van der Waals surface area contributed by atoms with Crippen LogP contribution in [0.4, 0.5) is 11.5 Å². The van der Waals surface area contributed by atoms with Crippen molar-refractivity contribution >= 4 is 84.9 Å². The van der Waals surface area contributed by atoms with Gasteiger partial charge in [0.05, 0.1) is 26.3 Å². The van der Waals surface area contributed by atoms with Crippen LogP contribution in [0.15, 0.2) is 65.7 Å². The van der Waals surface area contributed by atoms with Crippen molar-refractivity contribution in [1.82, 2.24) is 18.9 Å². The molecule has 0 unspecified atom stereocenters. The molecule has 0 saturated carbocycles. The van der Waals surface area contributed by atoms with Gasteiger partial charge in [0.2, 0.25) is 0 Å². The summed E-state index contributed by atoms with van der Waals surface area (Å²) >= 11 is 5.07. The maximum absolute atomic E-state index is 6.14. The van der Waals surface area contributed by atoms with E-state index in [1.54, 1.807) is 6.33 Å². The number of ether oxygens (including phenoxy) is 1. The van der Waals surface area contributed by atoms with Gasteiger partial charge in [-0.1, -0.05) is 6.07 Å². The van der Waals surface area contributed by atoms with Crippen LogP contribution in [0, 0.1) is 0 Å². The summed E-state index contributed by atoms with van der Waals surface area (Å²) in [6.45, 7) is 1.24. The van der Waals surface area contributed by atoms with E-state index in [1.807, 2.05) is 54.9 Å². The molecule has 0 amide bonds. The molecular weight excluding hydrogens is 535 g/mol. The van der Waals surface area contributed by atoms with E-state index >= 15 is 0 Å². The topological polar surface area (TPSA) is 90.9 Å². The lowest BCUT2D eigenvalue weighted by atomic mass is 10.2. The van der Waals surface area contributed by atoms with Crippen LogP contribution < -0.4 is 15.8 Å². The largest absolute Gasteiger partial charge is 0.455 e. The molecule has 0 spiro atoms. The highest BCUT2D eigenvalue weighted by Gasteiger charge is 2.12. The van der Waals surface area contributed by atoms with Crippen molar-refractivity contribution < 1.29 is 4.74 Å². The van der Waals surface area contributed by atoms with Crippen LogP contribution in [0.2, 0.25) is 0 Å². The Morgan fingerprint density at radius 1 is 1.09 bits per heavy atom. The molecule has 0 aliphatic carbocycles. The van der Waals surface area contributed by atoms with E-state index in [0.717, 1.165) is 48.6 Å². The summed E-state index contributed by atoms with van der Waals surface area (Å²) in [5.74, 6) is 2.23. The number of rotatable bonds is 6. The van der Waals surface area contributed by atoms with Gasteiger partial charge in [0, 0.05) is 25.0 Å². The molecule has 5 aromatic rings. The van der Waals surface area contributed by atoms with Crippen LogP contribution in [-0.4, -0.2) is 25.5 Å². The smallest absolute Gasteiger partial charge is 0.158 e. The number of benzene rings is 2. The minimum absolute atomic E-state index is 0. The number of aromatic nitrogens is 4. The molecule has 7 nitrogen and oxygen atoms in total. The van der Waals surface area contributed by atoms with Gasteiger partial charge < -0.3 is 20.4 Å². The first-order valence-electron chi connectivity index (χ1n) is 9.30. The lowest BCUT2D eigenvalue weighted by Gasteiger charge is -2.13. The Bertz CT molecular complexity index is 1360. The molecule has 3 aromatic heterocycles. The third-order valence-electron chi connectivity index (χ3n) is 4.69. The van der Waals surface area contributed by atoms with E-state index in [-0.39, 0.29) is 24.8 Å². The summed E-state index contributed by atoms with van der Waals surface area (Å²) in [5, 5.41) is 4.38. The number of hydrogen-bond donors (Lipinski definition) is 2. The predicted octanol–water partition coefficient (Wildman–Crippen LogP) is 6.14. The van der Waals surface area contributed by atoms with Crippen molar-refractivity contribution in [3.05, 3.63) is 65.7 Å². The number of nitrogens with zero attached hydrogens (tertiary/aromatic N) is 4. The Balaban J connectivity index is 0.00000144. The van der Waals surface area contributed by atoms with Crippen LogP contribution in [-0.2, 0) is 6.54 Å². The van der Waals surface area contributed by atoms with Crippen LogP contribution in [0.3, 0.4) is 0 Å². The summed E-state index contributed by atoms with van der Waals surface area (Å²) < 4.78 is 14.4. The standard InChI is InChI=1S/C21H17BrN6OS.2ClH/c22-15-10-13(27-21-20-16(24-12-25-21)6-8-28(20)9-7-23)4-5-18(15)29-17-2-1-3-19-14(17)11-26-30-19;;/h1-6,8,10-12H,7,9,23H2,(H,24,25,27);2*1H. The van der Waals surface area contributed by atoms with Crippen LogP contribution >= 0.6 is 52.3 Å². The first-order valence-corrected chi connectivity index (χ1v) is 10.9. The van der Waals surface area contributed by atoms with E-state index in [4.69, 9.17) is 10.5 Å². The average molecular weight is 554 g/mol. The molecule has 5 rings (SSSR count). The third-order valence-corrected chi connectivity index (χ3v) is 6.08. The lowest BCUT2D eigenvalue weighted by Crippen LogP contribution is -2.10. The summed E-state index contributed by atoms with van der Waals surface area (Å²) in [4.78, 5) is 8.77. The fraction of sp³-hybridized carbons (Fsp3) is 0.0952. The molecule has 3 N–H and O–H groups in total. The van der Waals surface area contributed by atoms with Crippen molar-refractivity contribution in [1.29, 1.82) is 0 Å². The Morgan fingerprint density at radius 2 is 1.97 bits per heavy atom. The minimum Gasteiger partial charge on any atom is -0.455 e. The van der Waals surface area contributed by atoms with E-state index in [1.165, 1.54) is 11.5 Å². The van der Waals surface area contributed by atoms with Crippen LogP contribution in [0.25, 0.3) is 21.1 Å². The minimum atomic E-state index is 0. The van der Waals surface area contributed by atoms with Crippen molar-refractivity contribution in [2.75, 3.05) is 11.9 Å².